The Labute approximate surface area is 125 Å². The summed E-state index contributed by atoms with van der Waals surface area (Å²) in [4.78, 5) is 6.38. The fraction of sp³-hybridized carbons (Fsp3) is 0.176. The third-order valence-electron chi connectivity index (χ3n) is 3.37. The first-order valence-corrected chi connectivity index (χ1v) is 11.2. The number of para-hydroxylation sites is 1. The molecule has 0 unspecified atom stereocenters. The fourth-order valence-corrected chi connectivity index (χ4v) is 5.72. The SMILES string of the molecule is C[Si](C)(C)c1[nH]c2ccccc2c1Sc1ccccc1. The zero-order chi connectivity index (χ0) is 14.2. The first-order chi connectivity index (χ1) is 9.55. The molecular weight excluding hydrogens is 278 g/mol. The third-order valence-corrected chi connectivity index (χ3v) is 6.56. The molecule has 0 aliphatic heterocycles. The number of aromatic amines is 1. The van der Waals surface area contributed by atoms with E-state index in [0.717, 1.165) is 0 Å². The second-order valence-electron chi connectivity index (χ2n) is 6.04. The number of aromatic nitrogens is 1. The summed E-state index contributed by atoms with van der Waals surface area (Å²) >= 11 is 1.88. The van der Waals surface area contributed by atoms with Gasteiger partial charge in [-0.3, -0.25) is 0 Å². The van der Waals surface area contributed by atoms with Crippen molar-refractivity contribution < 1.29 is 0 Å². The van der Waals surface area contributed by atoms with Crippen LogP contribution >= 0.6 is 11.8 Å². The molecule has 1 N–H and O–H groups in total. The molecule has 3 rings (SSSR count). The van der Waals surface area contributed by atoms with E-state index in [-0.39, 0.29) is 0 Å². The van der Waals surface area contributed by atoms with E-state index < -0.39 is 8.07 Å². The summed E-state index contributed by atoms with van der Waals surface area (Å²) in [6.45, 7) is 7.19. The predicted octanol–water partition coefficient (Wildman–Crippen LogP) is 4.86. The first kappa shape index (κ1) is 13.5. The van der Waals surface area contributed by atoms with Crippen LogP contribution in [0.3, 0.4) is 0 Å². The van der Waals surface area contributed by atoms with Crippen molar-refractivity contribution in [3.05, 3.63) is 54.6 Å². The van der Waals surface area contributed by atoms with Gasteiger partial charge >= 0.3 is 0 Å². The van der Waals surface area contributed by atoms with Crippen molar-refractivity contribution in [2.75, 3.05) is 0 Å². The Hall–Kier alpha value is -1.45. The van der Waals surface area contributed by atoms with Crippen molar-refractivity contribution in [3.63, 3.8) is 0 Å². The Morgan fingerprint density at radius 1 is 0.850 bits per heavy atom. The molecule has 102 valence electrons. The van der Waals surface area contributed by atoms with Crippen molar-refractivity contribution >= 4 is 36.1 Å². The largest absolute Gasteiger partial charge is 0.361 e. The Balaban J connectivity index is 2.16. The molecule has 0 saturated heterocycles. The first-order valence-electron chi connectivity index (χ1n) is 6.90. The van der Waals surface area contributed by atoms with Crippen LogP contribution in [0.1, 0.15) is 0 Å². The van der Waals surface area contributed by atoms with E-state index in [9.17, 15) is 0 Å². The van der Waals surface area contributed by atoms with Crippen LogP contribution < -0.4 is 5.32 Å². The Bertz CT molecular complexity index is 726. The lowest BCUT2D eigenvalue weighted by Gasteiger charge is -2.16. The van der Waals surface area contributed by atoms with Crippen LogP contribution in [0.2, 0.25) is 19.6 Å². The molecule has 0 aliphatic rings. The number of benzene rings is 2. The predicted molar refractivity (Wildman–Crippen MR) is 91.8 cm³/mol. The monoisotopic (exact) mass is 297 g/mol. The van der Waals surface area contributed by atoms with Crippen molar-refractivity contribution in [1.82, 2.24) is 4.98 Å². The molecule has 1 aromatic heterocycles. The van der Waals surface area contributed by atoms with E-state index >= 15 is 0 Å². The summed E-state index contributed by atoms with van der Waals surface area (Å²) in [6, 6.07) is 19.3. The van der Waals surface area contributed by atoms with Crippen LogP contribution in [0.25, 0.3) is 10.9 Å². The molecule has 2 aromatic carbocycles. The zero-order valence-electron chi connectivity index (χ0n) is 12.1. The quantitative estimate of drug-likeness (QED) is 0.682. The van der Waals surface area contributed by atoms with E-state index in [1.165, 1.54) is 26.0 Å². The van der Waals surface area contributed by atoms with Crippen molar-refractivity contribution in [1.29, 1.82) is 0 Å². The molecule has 0 atom stereocenters. The van der Waals surface area contributed by atoms with Gasteiger partial charge in [-0.05, 0) is 18.2 Å². The van der Waals surface area contributed by atoms with Gasteiger partial charge in [-0.1, -0.05) is 67.8 Å². The molecule has 3 aromatic rings. The molecule has 3 heteroatoms. The van der Waals surface area contributed by atoms with Gasteiger partial charge in [-0.2, -0.15) is 0 Å². The normalized spacial score (nSPS) is 11.9. The Morgan fingerprint density at radius 2 is 1.50 bits per heavy atom. The van der Waals surface area contributed by atoms with E-state index in [1.54, 1.807) is 0 Å². The molecule has 0 bridgehead atoms. The molecule has 0 amide bonds. The minimum absolute atomic E-state index is 1.25. The fourth-order valence-electron chi connectivity index (χ4n) is 2.36. The van der Waals surface area contributed by atoms with Crippen LogP contribution in [0.5, 0.6) is 0 Å². The van der Waals surface area contributed by atoms with Crippen molar-refractivity contribution in [2.45, 2.75) is 29.4 Å². The molecule has 1 nitrogen and oxygen atoms in total. The summed E-state index contributed by atoms with van der Waals surface area (Å²) in [5, 5.41) is 2.80. The maximum absolute atomic E-state index is 3.67. The van der Waals surface area contributed by atoms with Gasteiger partial charge in [0, 0.05) is 26.0 Å². The minimum atomic E-state index is -1.39. The van der Waals surface area contributed by atoms with Crippen molar-refractivity contribution in [2.24, 2.45) is 0 Å². The van der Waals surface area contributed by atoms with Gasteiger partial charge < -0.3 is 4.98 Å². The highest BCUT2D eigenvalue weighted by Gasteiger charge is 2.24. The van der Waals surface area contributed by atoms with Gasteiger partial charge in [-0.15, -0.1) is 0 Å². The standard InChI is InChI=1S/C17H19NSSi/c1-20(2,3)17-16(19-13-9-5-4-6-10-13)14-11-7-8-12-15(14)18-17/h4-12,18H,1-3H3. The van der Waals surface area contributed by atoms with Gasteiger partial charge in [-0.25, -0.2) is 0 Å². The zero-order valence-corrected chi connectivity index (χ0v) is 13.9. The highest BCUT2D eigenvalue weighted by molar-refractivity contribution is 7.99. The van der Waals surface area contributed by atoms with Gasteiger partial charge in [0.15, 0.2) is 0 Å². The van der Waals surface area contributed by atoms with E-state index in [0.29, 0.717) is 0 Å². The highest BCUT2D eigenvalue weighted by atomic mass is 32.2. The summed E-state index contributed by atoms with van der Waals surface area (Å²) in [6.07, 6.45) is 0. The van der Waals surface area contributed by atoms with Gasteiger partial charge in [0.2, 0.25) is 0 Å². The topological polar surface area (TPSA) is 15.8 Å². The van der Waals surface area contributed by atoms with Crippen molar-refractivity contribution in [3.8, 4) is 0 Å². The van der Waals surface area contributed by atoms with Gasteiger partial charge in [0.1, 0.15) is 0 Å². The summed E-state index contributed by atoms with van der Waals surface area (Å²) in [7, 11) is -1.39. The lowest BCUT2D eigenvalue weighted by molar-refractivity contribution is 1.42. The molecule has 0 spiro atoms. The lowest BCUT2D eigenvalue weighted by Crippen LogP contribution is -2.39. The molecule has 1 heterocycles. The van der Waals surface area contributed by atoms with E-state index in [4.69, 9.17) is 0 Å². The number of rotatable bonds is 3. The molecule has 0 radical (unpaired) electrons. The maximum atomic E-state index is 3.67. The molecule has 20 heavy (non-hydrogen) atoms. The average molecular weight is 297 g/mol. The molecule has 0 fully saturated rings. The Kier molecular flexibility index (Phi) is 3.48. The van der Waals surface area contributed by atoms with E-state index in [2.05, 4.69) is 79.2 Å². The number of hydrogen-bond acceptors (Lipinski definition) is 1. The minimum Gasteiger partial charge on any atom is -0.361 e. The maximum Gasteiger partial charge on any atom is 0.0997 e. The molecular formula is C17H19NSSi. The van der Waals surface area contributed by atoms with Crippen LogP contribution in [-0.2, 0) is 0 Å². The summed E-state index contributed by atoms with van der Waals surface area (Å²) < 4.78 is 0. The third kappa shape index (κ3) is 2.56. The lowest BCUT2D eigenvalue weighted by atomic mass is 10.2. The highest BCUT2D eigenvalue weighted by Crippen LogP contribution is 2.33. The second-order valence-corrected chi connectivity index (χ2v) is 12.1. The van der Waals surface area contributed by atoms with E-state index in [1.807, 2.05) is 11.8 Å². The Morgan fingerprint density at radius 3 is 2.20 bits per heavy atom. The second kappa shape index (κ2) is 5.15. The number of H-pyrrole nitrogens is 1. The number of nitrogens with one attached hydrogen (secondary N) is 1. The molecule has 0 saturated carbocycles. The smallest absolute Gasteiger partial charge is 0.0997 e. The van der Waals surface area contributed by atoms with Gasteiger partial charge in [0.05, 0.1) is 8.07 Å². The van der Waals surface area contributed by atoms with Crippen LogP contribution in [0.4, 0.5) is 0 Å². The number of fused-ring (bicyclic) bond motifs is 1. The number of hydrogen-bond donors (Lipinski definition) is 1. The summed E-state index contributed by atoms with van der Waals surface area (Å²) in [5.74, 6) is 0. The summed E-state index contributed by atoms with van der Waals surface area (Å²) in [5.41, 5.74) is 1.25. The average Bonchev–Trinajstić information content (AvgIpc) is 2.79. The van der Waals surface area contributed by atoms with Crippen LogP contribution in [0.15, 0.2) is 64.4 Å². The molecule has 0 aliphatic carbocycles. The van der Waals surface area contributed by atoms with Gasteiger partial charge in [0.25, 0.3) is 0 Å². The van der Waals surface area contributed by atoms with Crippen LogP contribution in [0, 0.1) is 0 Å². The van der Waals surface area contributed by atoms with Crippen LogP contribution in [-0.4, -0.2) is 13.1 Å².